The molecule has 0 saturated heterocycles. The van der Waals surface area contributed by atoms with Crippen molar-refractivity contribution < 1.29 is 16.8 Å². The topological polar surface area (TPSA) is 80.3 Å². The molecule has 1 aromatic carbocycles. The van der Waals surface area contributed by atoms with Gasteiger partial charge < -0.3 is 0 Å². The lowest BCUT2D eigenvalue weighted by molar-refractivity contribution is 0.571. The van der Waals surface area contributed by atoms with Gasteiger partial charge in [0.1, 0.15) is 13.7 Å². The van der Waals surface area contributed by atoms with Gasteiger partial charge in [-0.1, -0.05) is 42.5 Å². The van der Waals surface area contributed by atoms with Gasteiger partial charge in [-0.3, -0.25) is 0 Å². The third-order valence-electron chi connectivity index (χ3n) is 3.54. The number of hydrogen-bond acceptors (Lipinski definition) is 6. The van der Waals surface area contributed by atoms with Gasteiger partial charge in [-0.05, 0) is 28.5 Å². The minimum atomic E-state index is -3.74. The van der Waals surface area contributed by atoms with Crippen LogP contribution in [0.25, 0.3) is 0 Å². The second-order valence-corrected chi connectivity index (χ2v) is 11.4. The Hall–Kier alpha value is -1.52. The average molecular weight is 414 g/mol. The van der Waals surface area contributed by atoms with Crippen molar-refractivity contribution in [1.29, 1.82) is 0 Å². The average Bonchev–Trinajstić information content (AvgIpc) is 3.30. The molecule has 1 atom stereocenters. The summed E-state index contributed by atoms with van der Waals surface area (Å²) in [6, 6.07) is 15.0. The standard InChI is InChI=1S/C16H15NO4S4/c18-24(19,15-8-4-10-22-15)14(13-6-2-1-3-7-13)12-17-25(20,21)16-9-5-11-23-16/h1-11,14,17H,12H2. The first-order valence-electron chi connectivity index (χ1n) is 7.27. The first kappa shape index (κ1) is 18.3. The third kappa shape index (κ3) is 4.01. The fraction of sp³-hybridized carbons (Fsp3) is 0.125. The van der Waals surface area contributed by atoms with E-state index in [1.165, 1.54) is 12.1 Å². The van der Waals surface area contributed by atoms with Crippen molar-refractivity contribution >= 4 is 42.5 Å². The van der Waals surface area contributed by atoms with E-state index >= 15 is 0 Å². The minimum Gasteiger partial charge on any atom is -0.222 e. The van der Waals surface area contributed by atoms with Gasteiger partial charge in [-0.2, -0.15) is 0 Å². The van der Waals surface area contributed by atoms with Crippen LogP contribution >= 0.6 is 22.7 Å². The summed E-state index contributed by atoms with van der Waals surface area (Å²) < 4.78 is 53.5. The smallest absolute Gasteiger partial charge is 0.222 e. The highest BCUT2D eigenvalue weighted by Crippen LogP contribution is 2.31. The van der Waals surface area contributed by atoms with E-state index in [0.717, 1.165) is 22.7 Å². The minimum absolute atomic E-state index is 0.160. The largest absolute Gasteiger partial charge is 0.250 e. The van der Waals surface area contributed by atoms with Gasteiger partial charge in [0.15, 0.2) is 9.84 Å². The Balaban J connectivity index is 1.93. The highest BCUT2D eigenvalue weighted by Gasteiger charge is 2.31. The van der Waals surface area contributed by atoms with E-state index in [0.29, 0.717) is 5.56 Å². The molecule has 5 nitrogen and oxygen atoms in total. The van der Waals surface area contributed by atoms with Crippen molar-refractivity contribution in [1.82, 2.24) is 4.72 Å². The molecule has 0 bridgehead atoms. The number of sulfonamides is 1. The zero-order valence-electron chi connectivity index (χ0n) is 12.9. The lowest BCUT2D eigenvalue weighted by atomic mass is 10.1. The van der Waals surface area contributed by atoms with Gasteiger partial charge in [-0.25, -0.2) is 21.6 Å². The Kier molecular flexibility index (Phi) is 5.40. The molecule has 0 saturated carbocycles. The Morgan fingerprint density at radius 1 is 0.800 bits per heavy atom. The van der Waals surface area contributed by atoms with Crippen LogP contribution in [0, 0.1) is 0 Å². The van der Waals surface area contributed by atoms with E-state index in [9.17, 15) is 16.8 Å². The summed E-state index contributed by atoms with van der Waals surface area (Å²) in [5.41, 5.74) is 0.546. The fourth-order valence-electron chi connectivity index (χ4n) is 2.31. The lowest BCUT2D eigenvalue weighted by Crippen LogP contribution is -2.31. The van der Waals surface area contributed by atoms with Crippen LogP contribution in [0.3, 0.4) is 0 Å². The van der Waals surface area contributed by atoms with Crippen molar-refractivity contribution in [3.63, 3.8) is 0 Å². The van der Waals surface area contributed by atoms with Crippen molar-refractivity contribution in [3.8, 4) is 0 Å². The van der Waals surface area contributed by atoms with Crippen molar-refractivity contribution in [2.75, 3.05) is 6.54 Å². The lowest BCUT2D eigenvalue weighted by Gasteiger charge is -2.18. The normalized spacial score (nSPS) is 13.6. The van der Waals surface area contributed by atoms with E-state index in [4.69, 9.17) is 0 Å². The Morgan fingerprint density at radius 2 is 1.40 bits per heavy atom. The molecular formula is C16H15NO4S4. The van der Waals surface area contributed by atoms with Crippen LogP contribution in [0.4, 0.5) is 0 Å². The molecule has 2 aromatic heterocycles. The molecule has 0 fully saturated rings. The highest BCUT2D eigenvalue weighted by atomic mass is 32.2. The SMILES string of the molecule is O=S(=O)(NCC(c1ccccc1)S(=O)(=O)c1cccs1)c1cccs1. The molecule has 25 heavy (non-hydrogen) atoms. The molecule has 1 unspecified atom stereocenters. The maximum Gasteiger partial charge on any atom is 0.250 e. The number of nitrogens with one attached hydrogen (secondary N) is 1. The van der Waals surface area contributed by atoms with Crippen LogP contribution in [0.5, 0.6) is 0 Å². The molecule has 3 rings (SSSR count). The molecular weight excluding hydrogens is 398 g/mol. The summed E-state index contributed by atoms with van der Waals surface area (Å²) in [5.74, 6) is 0. The molecule has 0 aliphatic heterocycles. The molecule has 0 radical (unpaired) electrons. The van der Waals surface area contributed by atoms with Crippen LogP contribution in [0.2, 0.25) is 0 Å². The van der Waals surface area contributed by atoms with Crippen molar-refractivity contribution in [2.24, 2.45) is 0 Å². The van der Waals surface area contributed by atoms with E-state index in [1.807, 2.05) is 0 Å². The van der Waals surface area contributed by atoms with Gasteiger partial charge in [0, 0.05) is 6.54 Å². The molecule has 0 amide bonds. The van der Waals surface area contributed by atoms with Crippen LogP contribution in [0.15, 0.2) is 73.8 Å². The monoisotopic (exact) mass is 413 g/mol. The summed E-state index contributed by atoms with van der Waals surface area (Å²) in [4.78, 5) is 0. The number of rotatable bonds is 7. The second-order valence-electron chi connectivity index (χ2n) is 5.16. The molecule has 1 N–H and O–H groups in total. The molecule has 9 heteroatoms. The first-order chi connectivity index (χ1) is 11.9. The summed E-state index contributed by atoms with van der Waals surface area (Å²) >= 11 is 2.21. The first-order valence-corrected chi connectivity index (χ1v) is 12.1. The summed E-state index contributed by atoms with van der Waals surface area (Å²) in [6.07, 6.45) is 0. The van der Waals surface area contributed by atoms with Crippen LogP contribution < -0.4 is 4.72 Å². The zero-order valence-corrected chi connectivity index (χ0v) is 16.2. The van der Waals surface area contributed by atoms with Crippen LogP contribution in [-0.2, 0) is 19.9 Å². The Morgan fingerprint density at radius 3 is 1.96 bits per heavy atom. The zero-order chi connectivity index (χ0) is 17.9. The molecule has 2 heterocycles. The van der Waals surface area contributed by atoms with Gasteiger partial charge in [0.05, 0.1) is 0 Å². The van der Waals surface area contributed by atoms with Gasteiger partial charge in [0.2, 0.25) is 10.0 Å². The van der Waals surface area contributed by atoms with Crippen molar-refractivity contribution in [3.05, 3.63) is 70.9 Å². The highest BCUT2D eigenvalue weighted by molar-refractivity contribution is 7.94. The second kappa shape index (κ2) is 7.38. The summed E-state index contributed by atoms with van der Waals surface area (Å²) in [5, 5.41) is 2.35. The summed E-state index contributed by atoms with van der Waals surface area (Å²) in [6.45, 7) is -0.232. The number of sulfone groups is 1. The van der Waals surface area contributed by atoms with Crippen LogP contribution in [-0.4, -0.2) is 23.4 Å². The van der Waals surface area contributed by atoms with Gasteiger partial charge >= 0.3 is 0 Å². The number of hydrogen-bond donors (Lipinski definition) is 1. The predicted octanol–water partition coefficient (Wildman–Crippen LogP) is 3.30. The fourth-order valence-corrected chi connectivity index (χ4v) is 7.37. The van der Waals surface area contributed by atoms with Gasteiger partial charge in [-0.15, -0.1) is 22.7 Å². The molecule has 0 spiro atoms. The van der Waals surface area contributed by atoms with E-state index < -0.39 is 25.1 Å². The quantitative estimate of drug-likeness (QED) is 0.644. The Labute approximate surface area is 154 Å². The van der Waals surface area contributed by atoms with E-state index in [1.54, 1.807) is 53.2 Å². The predicted molar refractivity (Wildman–Crippen MR) is 100 cm³/mol. The van der Waals surface area contributed by atoms with Crippen LogP contribution in [0.1, 0.15) is 10.8 Å². The molecule has 132 valence electrons. The summed E-state index contributed by atoms with van der Waals surface area (Å²) in [7, 11) is -7.45. The number of benzene rings is 1. The maximum atomic E-state index is 13.0. The van der Waals surface area contributed by atoms with E-state index in [-0.39, 0.29) is 15.0 Å². The molecule has 0 aliphatic carbocycles. The third-order valence-corrected chi connectivity index (χ3v) is 9.89. The van der Waals surface area contributed by atoms with Crippen molar-refractivity contribution in [2.45, 2.75) is 13.7 Å². The maximum absolute atomic E-state index is 13.0. The molecule has 3 aromatic rings. The molecule has 0 aliphatic rings. The van der Waals surface area contributed by atoms with E-state index in [2.05, 4.69) is 4.72 Å². The number of thiophene rings is 2. The van der Waals surface area contributed by atoms with Gasteiger partial charge in [0.25, 0.3) is 0 Å². The Bertz CT molecular complexity index is 1010.